The highest BCUT2D eigenvalue weighted by Gasteiger charge is 2.14. The van der Waals surface area contributed by atoms with Gasteiger partial charge in [-0.25, -0.2) is 0 Å². The average molecular weight is 379 g/mol. The second-order valence-electron chi connectivity index (χ2n) is 4.53. The van der Waals surface area contributed by atoms with Crippen LogP contribution < -0.4 is 14.8 Å². The van der Waals surface area contributed by atoms with E-state index < -0.39 is 0 Å². The zero-order chi connectivity index (χ0) is 16.7. The molecule has 0 unspecified atom stereocenters. The van der Waals surface area contributed by atoms with Gasteiger partial charge in [-0.2, -0.15) is 5.26 Å². The van der Waals surface area contributed by atoms with Gasteiger partial charge in [-0.3, -0.25) is 4.79 Å². The van der Waals surface area contributed by atoms with Crippen molar-refractivity contribution in [1.82, 2.24) is 5.32 Å². The van der Waals surface area contributed by atoms with Gasteiger partial charge in [0.1, 0.15) is 0 Å². The van der Waals surface area contributed by atoms with Crippen molar-refractivity contribution in [2.75, 3.05) is 13.2 Å². The summed E-state index contributed by atoms with van der Waals surface area (Å²) in [6.45, 7) is 2.45. The molecule has 0 aliphatic rings. The van der Waals surface area contributed by atoms with Gasteiger partial charge in [0.05, 0.1) is 35.2 Å². The highest BCUT2D eigenvalue weighted by atomic mass is 79.9. The Morgan fingerprint density at radius 2 is 2.26 bits per heavy atom. The molecular weight excluding hydrogens is 364 g/mol. The summed E-state index contributed by atoms with van der Waals surface area (Å²) in [6.07, 6.45) is 3.10. The number of hydrogen-bond donors (Lipinski definition) is 1. The second-order valence-corrected chi connectivity index (χ2v) is 5.38. The number of nitrogens with zero attached hydrogens (tertiary/aromatic N) is 1. The van der Waals surface area contributed by atoms with E-state index in [9.17, 15) is 4.79 Å². The van der Waals surface area contributed by atoms with Gasteiger partial charge in [0, 0.05) is 18.2 Å². The number of carbonyl (C=O) groups is 1. The Bertz CT molecular complexity index is 708. The van der Waals surface area contributed by atoms with Crippen molar-refractivity contribution < 1.29 is 18.7 Å². The molecule has 6 nitrogen and oxygen atoms in total. The van der Waals surface area contributed by atoms with Gasteiger partial charge < -0.3 is 19.2 Å². The maximum Gasteiger partial charge on any atom is 0.258 e. The molecule has 0 aliphatic heterocycles. The van der Waals surface area contributed by atoms with Gasteiger partial charge in [-0.05, 0) is 35.0 Å². The van der Waals surface area contributed by atoms with Crippen molar-refractivity contribution in [3.63, 3.8) is 0 Å². The van der Waals surface area contributed by atoms with Crippen LogP contribution in [0.3, 0.4) is 0 Å². The summed E-state index contributed by atoms with van der Waals surface area (Å²) in [7, 11) is 0. The fraction of sp³-hybridized carbons (Fsp3) is 0.250. The second kappa shape index (κ2) is 8.25. The van der Waals surface area contributed by atoms with Crippen molar-refractivity contribution in [3.8, 4) is 17.6 Å². The molecule has 2 rings (SSSR count). The van der Waals surface area contributed by atoms with Crippen LogP contribution in [-0.4, -0.2) is 19.1 Å². The van der Waals surface area contributed by atoms with Gasteiger partial charge >= 0.3 is 0 Å². The normalized spacial score (nSPS) is 9.96. The first kappa shape index (κ1) is 16.9. The smallest absolute Gasteiger partial charge is 0.258 e. The fourth-order valence-corrected chi connectivity index (χ4v) is 2.37. The van der Waals surface area contributed by atoms with Crippen molar-refractivity contribution in [3.05, 3.63) is 46.3 Å². The Hall–Kier alpha value is -2.46. The molecule has 0 radical (unpaired) electrons. The zero-order valence-electron chi connectivity index (χ0n) is 12.5. The van der Waals surface area contributed by atoms with E-state index in [1.807, 2.05) is 13.0 Å². The minimum absolute atomic E-state index is 0.164. The van der Waals surface area contributed by atoms with E-state index in [0.29, 0.717) is 34.7 Å². The minimum atomic E-state index is -0.273. The maximum absolute atomic E-state index is 11.8. The number of nitriles is 1. The molecule has 0 fully saturated rings. The highest BCUT2D eigenvalue weighted by molar-refractivity contribution is 9.10. The number of hydrogen-bond acceptors (Lipinski definition) is 5. The molecular formula is C16H15BrN2O4. The molecule has 2 aromatic rings. The van der Waals surface area contributed by atoms with Crippen molar-refractivity contribution in [2.45, 2.75) is 13.5 Å². The van der Waals surface area contributed by atoms with Crippen LogP contribution in [0.25, 0.3) is 0 Å². The van der Waals surface area contributed by atoms with Crippen LogP contribution in [-0.2, 0) is 11.3 Å². The van der Waals surface area contributed by atoms with Gasteiger partial charge in [-0.15, -0.1) is 0 Å². The topological polar surface area (TPSA) is 84.5 Å². The third kappa shape index (κ3) is 4.76. The summed E-state index contributed by atoms with van der Waals surface area (Å²) in [5.41, 5.74) is 1.31. The Kier molecular flexibility index (Phi) is 6.06. The number of rotatable bonds is 7. The summed E-state index contributed by atoms with van der Waals surface area (Å²) >= 11 is 3.33. The third-order valence-corrected chi connectivity index (χ3v) is 3.44. The van der Waals surface area contributed by atoms with Crippen LogP contribution in [0.2, 0.25) is 0 Å². The van der Waals surface area contributed by atoms with E-state index in [0.717, 1.165) is 5.56 Å². The van der Waals surface area contributed by atoms with Gasteiger partial charge in [0.15, 0.2) is 18.1 Å². The number of benzene rings is 1. The summed E-state index contributed by atoms with van der Waals surface area (Å²) in [4.78, 5) is 11.8. The fourth-order valence-electron chi connectivity index (χ4n) is 1.82. The highest BCUT2D eigenvalue weighted by Crippen LogP contribution is 2.36. The first-order valence-electron chi connectivity index (χ1n) is 6.91. The standard InChI is InChI=1S/C16H15BrN2O4/c1-2-22-14-6-12(7-18)5-13(17)16(14)23-10-15(20)19-8-11-3-4-21-9-11/h3-6,9H,2,8,10H2,1H3,(H,19,20). The van der Waals surface area contributed by atoms with Crippen LogP contribution in [0, 0.1) is 11.3 Å². The largest absolute Gasteiger partial charge is 0.490 e. The van der Waals surface area contributed by atoms with Crippen LogP contribution in [0.15, 0.2) is 39.6 Å². The monoisotopic (exact) mass is 378 g/mol. The van der Waals surface area contributed by atoms with Crippen molar-refractivity contribution in [2.24, 2.45) is 0 Å². The molecule has 1 aromatic carbocycles. The van der Waals surface area contributed by atoms with Gasteiger partial charge in [0.25, 0.3) is 5.91 Å². The lowest BCUT2D eigenvalue weighted by molar-refractivity contribution is -0.123. The van der Waals surface area contributed by atoms with E-state index in [1.165, 1.54) is 0 Å². The van der Waals surface area contributed by atoms with Crippen LogP contribution in [0.1, 0.15) is 18.1 Å². The van der Waals surface area contributed by atoms with E-state index in [2.05, 4.69) is 21.2 Å². The first-order valence-corrected chi connectivity index (χ1v) is 7.70. The maximum atomic E-state index is 11.8. The lowest BCUT2D eigenvalue weighted by atomic mass is 10.2. The molecule has 1 heterocycles. The summed E-state index contributed by atoms with van der Waals surface area (Å²) in [6, 6.07) is 7.00. The number of nitrogens with one attached hydrogen (secondary N) is 1. The molecule has 0 spiro atoms. The third-order valence-electron chi connectivity index (χ3n) is 2.86. The molecule has 0 atom stereocenters. The zero-order valence-corrected chi connectivity index (χ0v) is 14.1. The number of furan rings is 1. The molecule has 1 aromatic heterocycles. The number of halogens is 1. The molecule has 0 bridgehead atoms. The molecule has 120 valence electrons. The Balaban J connectivity index is 1.98. The molecule has 23 heavy (non-hydrogen) atoms. The van der Waals surface area contributed by atoms with Crippen LogP contribution >= 0.6 is 15.9 Å². The van der Waals surface area contributed by atoms with Gasteiger partial charge in [-0.1, -0.05) is 0 Å². The minimum Gasteiger partial charge on any atom is -0.490 e. The molecule has 0 saturated carbocycles. The number of ether oxygens (including phenoxy) is 2. The predicted octanol–water partition coefficient (Wildman–Crippen LogP) is 3.01. The van der Waals surface area contributed by atoms with Gasteiger partial charge in [0.2, 0.25) is 0 Å². The SMILES string of the molecule is CCOc1cc(C#N)cc(Br)c1OCC(=O)NCc1ccoc1. The van der Waals surface area contributed by atoms with E-state index >= 15 is 0 Å². The Morgan fingerprint density at radius 1 is 1.43 bits per heavy atom. The lowest BCUT2D eigenvalue weighted by Crippen LogP contribution is -2.28. The molecule has 0 aliphatic carbocycles. The summed E-state index contributed by atoms with van der Waals surface area (Å²) in [5.74, 6) is 0.537. The van der Waals surface area contributed by atoms with Crippen LogP contribution in [0.5, 0.6) is 11.5 Å². The molecule has 7 heteroatoms. The quantitative estimate of drug-likeness (QED) is 0.800. The van der Waals surface area contributed by atoms with Crippen molar-refractivity contribution >= 4 is 21.8 Å². The van der Waals surface area contributed by atoms with Crippen LogP contribution in [0.4, 0.5) is 0 Å². The van der Waals surface area contributed by atoms with E-state index in [-0.39, 0.29) is 12.5 Å². The first-order chi connectivity index (χ1) is 11.1. The summed E-state index contributed by atoms with van der Waals surface area (Å²) < 4.78 is 16.5. The Morgan fingerprint density at radius 3 is 2.91 bits per heavy atom. The lowest BCUT2D eigenvalue weighted by Gasteiger charge is -2.14. The van der Waals surface area contributed by atoms with E-state index in [4.69, 9.17) is 19.2 Å². The predicted molar refractivity (Wildman–Crippen MR) is 86.1 cm³/mol. The Labute approximate surface area is 142 Å². The van der Waals surface area contributed by atoms with E-state index in [1.54, 1.807) is 30.7 Å². The van der Waals surface area contributed by atoms with Crippen molar-refractivity contribution in [1.29, 1.82) is 5.26 Å². The molecule has 1 N–H and O–H groups in total. The average Bonchev–Trinajstić information content (AvgIpc) is 3.05. The molecule has 0 saturated heterocycles. The molecule has 1 amide bonds. The number of amides is 1. The number of carbonyl (C=O) groups excluding carboxylic acids is 1. The summed E-state index contributed by atoms with van der Waals surface area (Å²) in [5, 5.41) is 11.7.